The zero-order valence-electron chi connectivity index (χ0n) is 13.2. The first kappa shape index (κ1) is 15.5. The second kappa shape index (κ2) is 6.80. The van der Waals surface area contributed by atoms with Crippen molar-refractivity contribution in [1.29, 1.82) is 0 Å². The van der Waals surface area contributed by atoms with Crippen molar-refractivity contribution in [2.45, 2.75) is 63.3 Å². The van der Waals surface area contributed by atoms with Crippen LogP contribution in [0.3, 0.4) is 0 Å². The van der Waals surface area contributed by atoms with Crippen LogP contribution in [-0.4, -0.2) is 40.6 Å². The van der Waals surface area contributed by atoms with Gasteiger partial charge in [-0.2, -0.15) is 0 Å². The molecule has 2 aliphatic rings. The maximum absolute atomic E-state index is 12.3. The topological polar surface area (TPSA) is 52.6 Å². The van der Waals surface area contributed by atoms with Gasteiger partial charge in [0.2, 0.25) is 5.91 Å². The highest BCUT2D eigenvalue weighted by Crippen LogP contribution is 2.29. The first-order valence-corrected chi connectivity index (χ1v) is 8.44. The van der Waals surface area contributed by atoms with Gasteiger partial charge in [0.25, 0.3) is 0 Å². The van der Waals surface area contributed by atoms with E-state index in [0.717, 1.165) is 37.8 Å². The van der Waals surface area contributed by atoms with E-state index in [-0.39, 0.29) is 18.0 Å². The second-order valence-electron chi connectivity index (χ2n) is 6.65. The Labute approximate surface area is 132 Å². The fourth-order valence-corrected chi connectivity index (χ4v) is 3.39. The van der Waals surface area contributed by atoms with Crippen LogP contribution in [0.5, 0.6) is 0 Å². The summed E-state index contributed by atoms with van der Waals surface area (Å²) in [6, 6.07) is 10.4. The van der Waals surface area contributed by atoms with E-state index in [1.54, 1.807) is 0 Å². The highest BCUT2D eigenvalue weighted by atomic mass is 16.3. The molecule has 22 heavy (non-hydrogen) atoms. The molecule has 0 radical (unpaired) electrons. The van der Waals surface area contributed by atoms with Crippen molar-refractivity contribution < 1.29 is 9.90 Å². The molecule has 3 rings (SSSR count). The summed E-state index contributed by atoms with van der Waals surface area (Å²) in [7, 11) is 0. The van der Waals surface area contributed by atoms with Crippen molar-refractivity contribution in [3.05, 3.63) is 35.9 Å². The molecule has 2 N–H and O–H groups in total. The first-order valence-electron chi connectivity index (χ1n) is 8.44. The lowest BCUT2D eigenvalue weighted by Crippen LogP contribution is -2.48. The summed E-state index contributed by atoms with van der Waals surface area (Å²) < 4.78 is 0. The predicted molar refractivity (Wildman–Crippen MR) is 86.4 cm³/mol. The second-order valence-corrected chi connectivity index (χ2v) is 6.65. The van der Waals surface area contributed by atoms with Crippen molar-refractivity contribution in [2.24, 2.45) is 0 Å². The number of hydrogen-bond donors (Lipinski definition) is 2. The van der Waals surface area contributed by atoms with Gasteiger partial charge in [-0.3, -0.25) is 9.69 Å². The number of aliphatic hydroxyl groups is 1. The summed E-state index contributed by atoms with van der Waals surface area (Å²) in [6.07, 6.45) is 4.65. The quantitative estimate of drug-likeness (QED) is 0.847. The Morgan fingerprint density at radius 2 is 2.05 bits per heavy atom. The predicted octanol–water partition coefficient (Wildman–Crippen LogP) is 2.24. The molecule has 1 aliphatic carbocycles. The van der Waals surface area contributed by atoms with Crippen LogP contribution >= 0.6 is 0 Å². The van der Waals surface area contributed by atoms with E-state index in [1.165, 1.54) is 0 Å². The number of rotatable bonds is 6. The largest absolute Gasteiger partial charge is 0.388 e. The lowest BCUT2D eigenvalue weighted by Gasteiger charge is -2.31. The van der Waals surface area contributed by atoms with Crippen LogP contribution < -0.4 is 5.32 Å². The van der Waals surface area contributed by atoms with Crippen LogP contribution in [0, 0.1) is 0 Å². The molecule has 1 amide bonds. The lowest BCUT2D eigenvalue weighted by atomic mass is 10.00. The number of nitrogens with one attached hydrogen (secondary N) is 1. The molecular formula is C18H26N2O2. The summed E-state index contributed by atoms with van der Waals surface area (Å²) in [5, 5.41) is 13.5. The molecule has 0 bridgehead atoms. The Bertz CT molecular complexity index is 501. The van der Waals surface area contributed by atoms with Gasteiger partial charge in [-0.1, -0.05) is 30.3 Å². The van der Waals surface area contributed by atoms with Crippen LogP contribution in [0.4, 0.5) is 0 Å². The summed E-state index contributed by atoms with van der Waals surface area (Å²) in [5.41, 5.74) is 0.962. The number of carbonyl (C=O) groups is 1. The van der Waals surface area contributed by atoms with Crippen LogP contribution in [0.2, 0.25) is 0 Å². The van der Waals surface area contributed by atoms with E-state index in [2.05, 4.69) is 10.2 Å². The normalized spacial score (nSPS) is 24.9. The Hall–Kier alpha value is -1.39. The molecule has 1 saturated heterocycles. The Morgan fingerprint density at radius 3 is 2.73 bits per heavy atom. The molecule has 3 atom stereocenters. The smallest absolute Gasteiger partial charge is 0.237 e. The van der Waals surface area contributed by atoms with Gasteiger partial charge in [-0.15, -0.1) is 0 Å². The third kappa shape index (κ3) is 3.68. The molecule has 1 saturated carbocycles. The molecule has 1 heterocycles. The van der Waals surface area contributed by atoms with Gasteiger partial charge in [-0.05, 0) is 51.1 Å². The number of aliphatic hydroxyl groups excluding tert-OH is 1. The van der Waals surface area contributed by atoms with Gasteiger partial charge in [0.05, 0.1) is 12.1 Å². The lowest BCUT2D eigenvalue weighted by molar-refractivity contribution is -0.126. The minimum Gasteiger partial charge on any atom is -0.388 e. The zero-order valence-corrected chi connectivity index (χ0v) is 13.2. The van der Waals surface area contributed by atoms with Crippen LogP contribution in [0.25, 0.3) is 0 Å². The molecule has 0 spiro atoms. The number of nitrogens with zero attached hydrogens (tertiary/aromatic N) is 1. The molecule has 0 aromatic heterocycles. The zero-order chi connectivity index (χ0) is 15.5. The molecule has 1 aromatic carbocycles. The number of carbonyl (C=O) groups excluding carboxylic acids is 1. The summed E-state index contributed by atoms with van der Waals surface area (Å²) >= 11 is 0. The van der Waals surface area contributed by atoms with Crippen LogP contribution in [0.1, 0.15) is 50.7 Å². The third-order valence-corrected chi connectivity index (χ3v) is 4.90. The van der Waals surface area contributed by atoms with Crippen molar-refractivity contribution >= 4 is 5.91 Å². The summed E-state index contributed by atoms with van der Waals surface area (Å²) in [4.78, 5) is 14.5. The van der Waals surface area contributed by atoms with Crippen molar-refractivity contribution in [1.82, 2.24) is 10.2 Å². The van der Waals surface area contributed by atoms with Crippen LogP contribution in [0.15, 0.2) is 30.3 Å². The number of likely N-dealkylation sites (tertiary alicyclic amines) is 1. The van der Waals surface area contributed by atoms with Gasteiger partial charge in [0, 0.05) is 12.1 Å². The van der Waals surface area contributed by atoms with Crippen molar-refractivity contribution in [3.63, 3.8) is 0 Å². The summed E-state index contributed by atoms with van der Waals surface area (Å²) in [5.74, 6) is 0.142. The SMILES string of the molecule is CC(C(=O)NC1CC1)N1CCCC1CC(O)c1ccccc1. The first-order chi connectivity index (χ1) is 10.6. The van der Waals surface area contributed by atoms with Gasteiger partial charge < -0.3 is 10.4 Å². The molecule has 1 aliphatic heterocycles. The molecule has 1 aromatic rings. The number of hydrogen-bond acceptors (Lipinski definition) is 3. The van der Waals surface area contributed by atoms with E-state index < -0.39 is 6.10 Å². The van der Waals surface area contributed by atoms with E-state index in [4.69, 9.17) is 0 Å². The summed E-state index contributed by atoms with van der Waals surface area (Å²) in [6.45, 7) is 2.94. The molecule has 2 fully saturated rings. The standard InChI is InChI=1S/C18H26N2O2/c1-13(18(22)19-15-9-10-15)20-11-5-8-16(20)12-17(21)14-6-3-2-4-7-14/h2-4,6-7,13,15-17,21H,5,8-12H2,1H3,(H,19,22). The fraction of sp³-hybridized carbons (Fsp3) is 0.611. The van der Waals surface area contributed by atoms with E-state index in [1.807, 2.05) is 37.3 Å². The van der Waals surface area contributed by atoms with E-state index in [9.17, 15) is 9.90 Å². The maximum atomic E-state index is 12.3. The highest BCUT2D eigenvalue weighted by Gasteiger charge is 2.35. The Balaban J connectivity index is 1.58. The molecular weight excluding hydrogens is 276 g/mol. The van der Waals surface area contributed by atoms with Gasteiger partial charge in [-0.25, -0.2) is 0 Å². The Morgan fingerprint density at radius 1 is 1.32 bits per heavy atom. The van der Waals surface area contributed by atoms with Crippen molar-refractivity contribution in [2.75, 3.05) is 6.54 Å². The third-order valence-electron chi connectivity index (χ3n) is 4.90. The minimum atomic E-state index is -0.453. The molecule has 120 valence electrons. The highest BCUT2D eigenvalue weighted by molar-refractivity contribution is 5.82. The average molecular weight is 302 g/mol. The molecule has 4 heteroatoms. The monoisotopic (exact) mass is 302 g/mol. The fourth-order valence-electron chi connectivity index (χ4n) is 3.39. The molecule has 4 nitrogen and oxygen atoms in total. The number of amides is 1. The van der Waals surface area contributed by atoms with E-state index in [0.29, 0.717) is 12.5 Å². The van der Waals surface area contributed by atoms with E-state index >= 15 is 0 Å². The molecule has 3 unspecified atom stereocenters. The van der Waals surface area contributed by atoms with Gasteiger partial charge in [0.15, 0.2) is 0 Å². The maximum Gasteiger partial charge on any atom is 0.237 e. The van der Waals surface area contributed by atoms with Crippen molar-refractivity contribution in [3.8, 4) is 0 Å². The number of benzene rings is 1. The van der Waals surface area contributed by atoms with Crippen LogP contribution in [-0.2, 0) is 4.79 Å². The van der Waals surface area contributed by atoms with Gasteiger partial charge >= 0.3 is 0 Å². The average Bonchev–Trinajstić information content (AvgIpc) is 3.23. The Kier molecular flexibility index (Phi) is 4.79. The minimum absolute atomic E-state index is 0.101. The van der Waals surface area contributed by atoms with Gasteiger partial charge in [0.1, 0.15) is 0 Å².